The summed E-state index contributed by atoms with van der Waals surface area (Å²) in [5.74, 6) is 0. The van der Waals surface area contributed by atoms with Gasteiger partial charge in [0, 0.05) is 32.9 Å². The van der Waals surface area contributed by atoms with E-state index in [1.807, 2.05) is 30.3 Å². The first-order chi connectivity index (χ1) is 26.7. The van der Waals surface area contributed by atoms with Gasteiger partial charge in [0.15, 0.2) is 0 Å². The lowest BCUT2D eigenvalue weighted by Crippen LogP contribution is -1.97. The molecule has 0 atom stereocenters. The topological polar surface area (TPSA) is 57.4 Å². The van der Waals surface area contributed by atoms with Gasteiger partial charge in [0.1, 0.15) is 0 Å². The zero-order valence-electron chi connectivity index (χ0n) is 29.1. The van der Waals surface area contributed by atoms with Gasteiger partial charge in [0.25, 0.3) is 0 Å². The Balaban J connectivity index is 1.26. The third-order valence-electron chi connectivity index (χ3n) is 10.5. The average Bonchev–Trinajstić information content (AvgIpc) is 3.76. The van der Waals surface area contributed by atoms with Crippen LogP contribution >= 0.6 is 0 Å². The van der Waals surface area contributed by atoms with E-state index in [2.05, 4.69) is 173 Å². The van der Waals surface area contributed by atoms with E-state index in [-0.39, 0.29) is 0 Å². The Morgan fingerprint density at radius 1 is 0.315 bits per heavy atom. The predicted octanol–water partition coefficient (Wildman–Crippen LogP) is 12.6. The molecule has 0 amide bonds. The minimum atomic E-state index is 0.627. The van der Waals surface area contributed by atoms with Crippen LogP contribution in [0.5, 0.6) is 0 Å². The summed E-state index contributed by atoms with van der Waals surface area (Å²) in [6.45, 7) is 0. The van der Waals surface area contributed by atoms with Gasteiger partial charge in [-0.1, -0.05) is 97.1 Å². The molecule has 250 valence electrons. The molecule has 0 bridgehead atoms. The molecular formula is C50H30N4. The third-order valence-corrected chi connectivity index (χ3v) is 10.5. The van der Waals surface area contributed by atoms with E-state index in [1.54, 1.807) is 0 Å². The van der Waals surface area contributed by atoms with Crippen LogP contribution in [0.4, 0.5) is 0 Å². The highest BCUT2D eigenvalue weighted by molar-refractivity contribution is 6.11. The van der Waals surface area contributed by atoms with Gasteiger partial charge in [-0.2, -0.15) is 10.5 Å². The van der Waals surface area contributed by atoms with Gasteiger partial charge in [0.2, 0.25) is 0 Å². The van der Waals surface area contributed by atoms with E-state index in [0.717, 1.165) is 72.1 Å². The van der Waals surface area contributed by atoms with Gasteiger partial charge in [-0.25, -0.2) is 0 Å². The molecule has 4 nitrogen and oxygen atoms in total. The maximum atomic E-state index is 9.80. The molecule has 0 N–H and O–H groups in total. The number of nitrogens with zero attached hydrogens (tertiary/aromatic N) is 4. The lowest BCUT2D eigenvalue weighted by molar-refractivity contribution is 1.18. The highest BCUT2D eigenvalue weighted by Crippen LogP contribution is 2.41. The molecule has 8 aromatic carbocycles. The zero-order chi connectivity index (χ0) is 36.2. The van der Waals surface area contributed by atoms with Crippen molar-refractivity contribution in [3.8, 4) is 56.9 Å². The molecule has 4 heteroatoms. The molecule has 0 saturated carbocycles. The van der Waals surface area contributed by atoms with Crippen LogP contribution in [-0.4, -0.2) is 9.13 Å². The number of rotatable bonds is 5. The molecule has 0 unspecified atom stereocenters. The molecule has 0 radical (unpaired) electrons. The average molecular weight is 687 g/mol. The fourth-order valence-electron chi connectivity index (χ4n) is 8.13. The van der Waals surface area contributed by atoms with Crippen molar-refractivity contribution in [1.82, 2.24) is 9.13 Å². The summed E-state index contributed by atoms with van der Waals surface area (Å²) in [5.41, 5.74) is 14.2. The smallest absolute Gasteiger partial charge is 0.0991 e. The minimum absolute atomic E-state index is 0.627. The Morgan fingerprint density at radius 3 is 1.59 bits per heavy atom. The normalized spacial score (nSPS) is 11.3. The Hall–Kier alpha value is -7.66. The highest BCUT2D eigenvalue weighted by Gasteiger charge is 2.18. The first-order valence-electron chi connectivity index (χ1n) is 18.0. The number of nitriles is 2. The second kappa shape index (κ2) is 12.5. The van der Waals surface area contributed by atoms with Crippen molar-refractivity contribution < 1.29 is 0 Å². The minimum Gasteiger partial charge on any atom is -0.309 e. The largest absolute Gasteiger partial charge is 0.309 e. The van der Waals surface area contributed by atoms with Gasteiger partial charge in [0.05, 0.1) is 45.3 Å². The Bertz CT molecular complexity index is 3190. The van der Waals surface area contributed by atoms with E-state index >= 15 is 0 Å². The van der Waals surface area contributed by atoms with Crippen LogP contribution in [0.25, 0.3) is 88.4 Å². The van der Waals surface area contributed by atoms with Crippen molar-refractivity contribution >= 4 is 43.6 Å². The van der Waals surface area contributed by atoms with Gasteiger partial charge in [-0.05, 0) is 118 Å². The van der Waals surface area contributed by atoms with Crippen molar-refractivity contribution in [1.29, 1.82) is 10.5 Å². The molecule has 10 aromatic rings. The van der Waals surface area contributed by atoms with E-state index in [4.69, 9.17) is 0 Å². The van der Waals surface area contributed by atoms with Crippen LogP contribution in [0.1, 0.15) is 11.1 Å². The van der Waals surface area contributed by atoms with Gasteiger partial charge in [-0.15, -0.1) is 0 Å². The van der Waals surface area contributed by atoms with E-state index in [1.165, 1.54) is 16.3 Å². The van der Waals surface area contributed by atoms with E-state index in [9.17, 15) is 10.5 Å². The van der Waals surface area contributed by atoms with Gasteiger partial charge < -0.3 is 9.13 Å². The molecule has 0 fully saturated rings. The second-order valence-corrected chi connectivity index (χ2v) is 13.6. The van der Waals surface area contributed by atoms with Crippen molar-refractivity contribution in [3.05, 3.63) is 193 Å². The van der Waals surface area contributed by atoms with Crippen molar-refractivity contribution in [3.63, 3.8) is 0 Å². The van der Waals surface area contributed by atoms with Crippen LogP contribution in [0, 0.1) is 22.7 Å². The quantitative estimate of drug-likeness (QED) is 0.181. The van der Waals surface area contributed by atoms with Gasteiger partial charge in [-0.3, -0.25) is 0 Å². The van der Waals surface area contributed by atoms with Crippen LogP contribution in [0.3, 0.4) is 0 Å². The van der Waals surface area contributed by atoms with Crippen LogP contribution < -0.4 is 0 Å². The molecular weight excluding hydrogens is 657 g/mol. The zero-order valence-corrected chi connectivity index (χ0v) is 29.1. The lowest BCUT2D eigenvalue weighted by Gasteiger charge is -2.16. The summed E-state index contributed by atoms with van der Waals surface area (Å²) in [7, 11) is 0. The maximum Gasteiger partial charge on any atom is 0.0991 e. The van der Waals surface area contributed by atoms with Crippen molar-refractivity contribution in [2.45, 2.75) is 0 Å². The standard InChI is InChI=1S/C50H30N4/c51-31-33-11-10-12-36(25-33)41-15-4-5-16-42(41)38-27-37(28-40(29-38)54-48-20-9-6-17-43(48)45-26-34(32-52)21-23-49(45)54)35-22-24-50-46(30-35)44-18-7-8-19-47(44)53(50)39-13-2-1-3-14-39/h1-30H. The lowest BCUT2D eigenvalue weighted by atomic mass is 9.91. The molecule has 0 aliphatic heterocycles. The second-order valence-electron chi connectivity index (χ2n) is 13.6. The summed E-state index contributed by atoms with van der Waals surface area (Å²) in [6, 6.07) is 68.0. The van der Waals surface area contributed by atoms with Crippen molar-refractivity contribution in [2.24, 2.45) is 0 Å². The number of para-hydroxylation sites is 3. The molecule has 0 aliphatic rings. The summed E-state index contributed by atoms with van der Waals surface area (Å²) in [6.07, 6.45) is 0. The molecule has 0 spiro atoms. The number of hydrogen-bond donors (Lipinski definition) is 0. The van der Waals surface area contributed by atoms with Crippen LogP contribution in [0.15, 0.2) is 182 Å². The number of hydrogen-bond acceptors (Lipinski definition) is 2. The summed E-state index contributed by atoms with van der Waals surface area (Å²) in [5, 5.41) is 24.1. The van der Waals surface area contributed by atoms with Crippen LogP contribution in [-0.2, 0) is 0 Å². The molecule has 10 rings (SSSR count). The third kappa shape index (κ3) is 4.98. The first-order valence-corrected chi connectivity index (χ1v) is 18.0. The summed E-state index contributed by atoms with van der Waals surface area (Å²) in [4.78, 5) is 0. The van der Waals surface area contributed by atoms with Gasteiger partial charge >= 0.3 is 0 Å². The predicted molar refractivity (Wildman–Crippen MR) is 221 cm³/mol. The summed E-state index contributed by atoms with van der Waals surface area (Å²) >= 11 is 0. The molecule has 2 heterocycles. The highest BCUT2D eigenvalue weighted by atomic mass is 15.0. The molecule has 2 aromatic heterocycles. The summed E-state index contributed by atoms with van der Waals surface area (Å²) < 4.78 is 4.66. The fraction of sp³-hybridized carbons (Fsp3) is 0. The van der Waals surface area contributed by atoms with E-state index < -0.39 is 0 Å². The monoisotopic (exact) mass is 686 g/mol. The fourth-order valence-corrected chi connectivity index (χ4v) is 8.13. The Kier molecular flexibility index (Phi) is 7.22. The Morgan fingerprint density at radius 2 is 0.870 bits per heavy atom. The molecule has 0 saturated heterocycles. The number of fused-ring (bicyclic) bond motifs is 6. The Labute approximate surface area is 312 Å². The molecule has 54 heavy (non-hydrogen) atoms. The first kappa shape index (κ1) is 31.1. The maximum absolute atomic E-state index is 9.80. The van der Waals surface area contributed by atoms with Crippen molar-refractivity contribution in [2.75, 3.05) is 0 Å². The number of benzene rings is 8. The van der Waals surface area contributed by atoms with Crippen LogP contribution in [0.2, 0.25) is 0 Å². The van der Waals surface area contributed by atoms with E-state index in [0.29, 0.717) is 11.1 Å². The number of aromatic nitrogens is 2. The molecule has 0 aliphatic carbocycles. The SMILES string of the molecule is N#Cc1cccc(-c2ccccc2-c2cc(-c3ccc4c(c3)c3ccccc3n4-c3ccccc3)cc(-n3c4ccccc4c4cc(C#N)ccc43)c2)c1.